The number of carbonyl (C=O) groups is 2. The van der Waals surface area contributed by atoms with Crippen LogP contribution in [0, 0.1) is 5.92 Å². The molecule has 0 saturated carbocycles. The first-order valence-electron chi connectivity index (χ1n) is 6.70. The van der Waals surface area contributed by atoms with Crippen LogP contribution in [0.4, 0.5) is 0 Å². The zero-order chi connectivity index (χ0) is 13.4. The lowest BCUT2D eigenvalue weighted by Gasteiger charge is -2.24. The van der Waals surface area contributed by atoms with Crippen molar-refractivity contribution in [3.8, 4) is 0 Å². The number of carboxylic acids is 1. The Bertz CT molecular complexity index is 274. The third-order valence-electron chi connectivity index (χ3n) is 3.44. The van der Waals surface area contributed by atoms with Crippen LogP contribution in [0.3, 0.4) is 0 Å². The summed E-state index contributed by atoms with van der Waals surface area (Å²) in [5.74, 6) is -0.197. The van der Waals surface area contributed by atoms with Gasteiger partial charge in [0.25, 0.3) is 0 Å². The van der Waals surface area contributed by atoms with Gasteiger partial charge in [0.15, 0.2) is 0 Å². The summed E-state index contributed by atoms with van der Waals surface area (Å²) < 4.78 is 5.28. The number of carboxylic acid groups (broad SMARTS) is 1. The maximum absolute atomic E-state index is 11.9. The summed E-state index contributed by atoms with van der Waals surface area (Å²) >= 11 is 0. The minimum Gasteiger partial charge on any atom is -0.481 e. The van der Waals surface area contributed by atoms with Crippen LogP contribution in [0.1, 0.15) is 39.0 Å². The first-order valence-corrected chi connectivity index (χ1v) is 6.70. The van der Waals surface area contributed by atoms with Crippen molar-refractivity contribution in [3.05, 3.63) is 0 Å². The molecule has 0 aromatic heterocycles. The lowest BCUT2D eigenvalue weighted by Crippen LogP contribution is -2.33. The molecule has 0 aliphatic carbocycles. The summed E-state index contributed by atoms with van der Waals surface area (Å²) in [7, 11) is 0. The molecule has 1 aliphatic rings. The highest BCUT2D eigenvalue weighted by atomic mass is 16.5. The number of carbonyl (C=O) groups excluding carboxylic acids is 1. The Balaban J connectivity index is 2.25. The lowest BCUT2D eigenvalue weighted by atomic mass is 9.94. The highest BCUT2D eigenvalue weighted by molar-refractivity contribution is 5.77. The molecule has 5 nitrogen and oxygen atoms in total. The van der Waals surface area contributed by atoms with Gasteiger partial charge in [-0.05, 0) is 32.1 Å². The fourth-order valence-electron chi connectivity index (χ4n) is 2.21. The zero-order valence-electron chi connectivity index (χ0n) is 11.1. The van der Waals surface area contributed by atoms with Gasteiger partial charge in [-0.2, -0.15) is 0 Å². The van der Waals surface area contributed by atoms with Crippen molar-refractivity contribution in [2.24, 2.45) is 5.92 Å². The Labute approximate surface area is 108 Å². The SMILES string of the molecule is CCN(CCC(=O)O)C(=O)CCC1CCOCC1. The molecule has 0 unspecified atom stereocenters. The van der Waals surface area contributed by atoms with Gasteiger partial charge in [-0.15, -0.1) is 0 Å². The fraction of sp³-hybridized carbons (Fsp3) is 0.846. The summed E-state index contributed by atoms with van der Waals surface area (Å²) in [6.45, 7) is 4.39. The van der Waals surface area contributed by atoms with Crippen molar-refractivity contribution in [2.45, 2.75) is 39.0 Å². The zero-order valence-corrected chi connectivity index (χ0v) is 11.1. The third-order valence-corrected chi connectivity index (χ3v) is 3.44. The van der Waals surface area contributed by atoms with E-state index in [0.717, 1.165) is 32.5 Å². The largest absolute Gasteiger partial charge is 0.481 e. The average Bonchev–Trinajstić information content (AvgIpc) is 2.38. The van der Waals surface area contributed by atoms with E-state index in [1.54, 1.807) is 4.90 Å². The van der Waals surface area contributed by atoms with Gasteiger partial charge < -0.3 is 14.7 Å². The first-order chi connectivity index (χ1) is 8.63. The van der Waals surface area contributed by atoms with Gasteiger partial charge in [0, 0.05) is 32.7 Å². The van der Waals surface area contributed by atoms with Gasteiger partial charge in [-0.25, -0.2) is 0 Å². The Kier molecular flexibility index (Phi) is 6.72. The minimum absolute atomic E-state index is 0.0247. The second-order valence-electron chi connectivity index (χ2n) is 4.71. The third kappa shape index (κ3) is 5.49. The number of amides is 1. The molecule has 1 aliphatic heterocycles. The van der Waals surface area contributed by atoms with E-state index in [9.17, 15) is 9.59 Å². The molecule has 0 atom stereocenters. The Morgan fingerprint density at radius 1 is 1.28 bits per heavy atom. The van der Waals surface area contributed by atoms with E-state index < -0.39 is 5.97 Å². The Morgan fingerprint density at radius 3 is 2.50 bits per heavy atom. The number of hydrogen-bond donors (Lipinski definition) is 1. The first kappa shape index (κ1) is 15.0. The van der Waals surface area contributed by atoms with E-state index in [-0.39, 0.29) is 12.3 Å². The molecule has 5 heteroatoms. The summed E-state index contributed by atoms with van der Waals surface area (Å²) in [5, 5.41) is 8.62. The summed E-state index contributed by atoms with van der Waals surface area (Å²) in [6, 6.07) is 0. The van der Waals surface area contributed by atoms with Gasteiger partial charge in [-0.3, -0.25) is 9.59 Å². The number of nitrogens with zero attached hydrogens (tertiary/aromatic N) is 1. The fourth-order valence-corrected chi connectivity index (χ4v) is 2.21. The normalized spacial score (nSPS) is 16.5. The average molecular weight is 257 g/mol. The molecule has 1 saturated heterocycles. The van der Waals surface area contributed by atoms with Crippen LogP contribution in [-0.2, 0) is 14.3 Å². The molecular formula is C13H23NO4. The molecule has 18 heavy (non-hydrogen) atoms. The van der Waals surface area contributed by atoms with Crippen LogP contribution < -0.4 is 0 Å². The van der Waals surface area contributed by atoms with E-state index in [0.29, 0.717) is 25.4 Å². The lowest BCUT2D eigenvalue weighted by molar-refractivity contribution is -0.138. The van der Waals surface area contributed by atoms with Crippen molar-refractivity contribution in [3.63, 3.8) is 0 Å². The summed E-state index contributed by atoms with van der Waals surface area (Å²) in [6.07, 6.45) is 3.52. The number of rotatable bonds is 7. The van der Waals surface area contributed by atoms with Crippen LogP contribution in [-0.4, -0.2) is 48.2 Å². The second-order valence-corrected chi connectivity index (χ2v) is 4.71. The van der Waals surface area contributed by atoms with E-state index in [1.165, 1.54) is 0 Å². The van der Waals surface area contributed by atoms with Crippen LogP contribution in [0.5, 0.6) is 0 Å². The van der Waals surface area contributed by atoms with Crippen molar-refractivity contribution >= 4 is 11.9 Å². The molecular weight excluding hydrogens is 234 g/mol. The molecule has 0 aromatic rings. The van der Waals surface area contributed by atoms with E-state index >= 15 is 0 Å². The number of hydrogen-bond acceptors (Lipinski definition) is 3. The van der Waals surface area contributed by atoms with Crippen molar-refractivity contribution in [1.82, 2.24) is 4.90 Å². The Morgan fingerprint density at radius 2 is 1.94 bits per heavy atom. The standard InChI is InChI=1S/C13H23NO4/c1-2-14(8-5-13(16)17)12(15)4-3-11-6-9-18-10-7-11/h11H,2-10H2,1H3,(H,16,17). The van der Waals surface area contributed by atoms with Gasteiger partial charge in [0.05, 0.1) is 6.42 Å². The topological polar surface area (TPSA) is 66.8 Å². The maximum Gasteiger partial charge on any atom is 0.305 e. The molecule has 1 heterocycles. The monoisotopic (exact) mass is 257 g/mol. The van der Waals surface area contributed by atoms with E-state index in [1.807, 2.05) is 6.92 Å². The van der Waals surface area contributed by atoms with Gasteiger partial charge in [0.1, 0.15) is 0 Å². The molecule has 0 spiro atoms. The van der Waals surface area contributed by atoms with E-state index in [2.05, 4.69) is 0 Å². The predicted octanol–water partition coefficient (Wildman–Crippen LogP) is 1.52. The minimum atomic E-state index is -0.856. The highest BCUT2D eigenvalue weighted by Crippen LogP contribution is 2.20. The maximum atomic E-state index is 11.9. The van der Waals surface area contributed by atoms with Crippen LogP contribution in [0.2, 0.25) is 0 Å². The van der Waals surface area contributed by atoms with Crippen LogP contribution in [0.25, 0.3) is 0 Å². The summed E-state index contributed by atoms with van der Waals surface area (Å²) in [5.41, 5.74) is 0. The molecule has 104 valence electrons. The van der Waals surface area contributed by atoms with Crippen LogP contribution in [0.15, 0.2) is 0 Å². The second kappa shape index (κ2) is 8.08. The van der Waals surface area contributed by atoms with Gasteiger partial charge >= 0.3 is 5.97 Å². The van der Waals surface area contributed by atoms with Gasteiger partial charge in [0.2, 0.25) is 5.91 Å². The molecule has 0 bridgehead atoms. The quantitative estimate of drug-likeness (QED) is 0.751. The van der Waals surface area contributed by atoms with Crippen LogP contribution >= 0.6 is 0 Å². The van der Waals surface area contributed by atoms with Gasteiger partial charge in [-0.1, -0.05) is 0 Å². The van der Waals surface area contributed by atoms with Crippen molar-refractivity contribution < 1.29 is 19.4 Å². The summed E-state index contributed by atoms with van der Waals surface area (Å²) in [4.78, 5) is 24.1. The molecule has 1 N–H and O–H groups in total. The Hall–Kier alpha value is -1.10. The van der Waals surface area contributed by atoms with E-state index in [4.69, 9.17) is 9.84 Å². The smallest absolute Gasteiger partial charge is 0.305 e. The predicted molar refractivity (Wildman–Crippen MR) is 67.3 cm³/mol. The molecule has 0 radical (unpaired) electrons. The van der Waals surface area contributed by atoms with Crippen molar-refractivity contribution in [1.29, 1.82) is 0 Å². The number of aliphatic carboxylic acids is 1. The molecule has 0 aromatic carbocycles. The number of ether oxygens (including phenoxy) is 1. The molecule has 1 amide bonds. The van der Waals surface area contributed by atoms with Crippen molar-refractivity contribution in [2.75, 3.05) is 26.3 Å². The molecule has 1 fully saturated rings. The molecule has 1 rings (SSSR count). The highest BCUT2D eigenvalue weighted by Gasteiger charge is 2.18.